The first-order valence-corrected chi connectivity index (χ1v) is 5.41. The van der Waals surface area contributed by atoms with Crippen molar-refractivity contribution in [3.8, 4) is 11.8 Å². The Morgan fingerprint density at radius 3 is 3.14 bits per heavy atom. The number of fused-ring (bicyclic) bond motifs is 1. The molecule has 0 bridgehead atoms. The molecule has 0 fully saturated rings. The Balaban J connectivity index is 2.48. The van der Waals surface area contributed by atoms with E-state index in [-0.39, 0.29) is 0 Å². The van der Waals surface area contributed by atoms with Crippen LogP contribution in [-0.2, 0) is 12.8 Å². The number of nitriles is 1. The Labute approximate surface area is 91.6 Å². The molecule has 3 heteroatoms. The van der Waals surface area contributed by atoms with Crippen LogP contribution in [0, 0.1) is 11.3 Å². The molecule has 0 radical (unpaired) electrons. The Morgan fingerprint density at radius 2 is 2.36 bits per heavy atom. The monoisotopic (exact) mass is 251 g/mol. The predicted octanol–water partition coefficient (Wildman–Crippen LogP) is 2.84. The van der Waals surface area contributed by atoms with E-state index in [0.717, 1.165) is 35.2 Å². The molecule has 1 aromatic carbocycles. The van der Waals surface area contributed by atoms with E-state index in [4.69, 9.17) is 10.00 Å². The largest absolute Gasteiger partial charge is 0.493 e. The molecule has 0 aromatic heterocycles. The maximum absolute atomic E-state index is 8.69. The van der Waals surface area contributed by atoms with Crippen LogP contribution in [0.2, 0.25) is 0 Å². The molecule has 0 atom stereocenters. The van der Waals surface area contributed by atoms with Crippen LogP contribution in [0.4, 0.5) is 0 Å². The molecule has 72 valence electrons. The van der Waals surface area contributed by atoms with Gasteiger partial charge in [-0.3, -0.25) is 0 Å². The van der Waals surface area contributed by atoms with E-state index in [1.807, 2.05) is 6.07 Å². The first kappa shape index (κ1) is 9.54. The quantitative estimate of drug-likeness (QED) is 0.769. The highest BCUT2D eigenvalue weighted by atomic mass is 79.9. The number of hydrogen-bond donors (Lipinski definition) is 0. The van der Waals surface area contributed by atoms with Crippen molar-refractivity contribution in [1.82, 2.24) is 0 Å². The van der Waals surface area contributed by atoms with Crippen LogP contribution in [0.15, 0.2) is 16.6 Å². The van der Waals surface area contributed by atoms with Gasteiger partial charge in [-0.15, -0.1) is 0 Å². The zero-order valence-corrected chi connectivity index (χ0v) is 9.30. The second-order valence-electron chi connectivity index (χ2n) is 3.34. The van der Waals surface area contributed by atoms with Crippen LogP contribution in [0.5, 0.6) is 5.75 Å². The highest BCUT2D eigenvalue weighted by Gasteiger charge is 2.15. The second-order valence-corrected chi connectivity index (χ2v) is 4.26. The summed E-state index contributed by atoms with van der Waals surface area (Å²) in [5.74, 6) is 0.931. The van der Waals surface area contributed by atoms with E-state index in [0.29, 0.717) is 6.42 Å². The van der Waals surface area contributed by atoms with Crippen molar-refractivity contribution in [3.63, 3.8) is 0 Å². The Kier molecular flexibility index (Phi) is 2.74. The van der Waals surface area contributed by atoms with E-state index >= 15 is 0 Å². The summed E-state index contributed by atoms with van der Waals surface area (Å²) in [6, 6.07) is 6.20. The van der Waals surface area contributed by atoms with E-state index in [1.54, 1.807) is 0 Å². The molecule has 1 aliphatic heterocycles. The highest BCUT2D eigenvalue weighted by Crippen LogP contribution is 2.32. The van der Waals surface area contributed by atoms with Crippen LogP contribution in [0.25, 0.3) is 0 Å². The first-order chi connectivity index (χ1) is 6.81. The molecule has 0 N–H and O–H groups in total. The van der Waals surface area contributed by atoms with Gasteiger partial charge in [-0.1, -0.05) is 15.9 Å². The molecule has 14 heavy (non-hydrogen) atoms. The third-order valence-electron chi connectivity index (χ3n) is 2.31. The number of hydrogen-bond acceptors (Lipinski definition) is 2. The smallest absolute Gasteiger partial charge is 0.126 e. The van der Waals surface area contributed by atoms with Gasteiger partial charge < -0.3 is 4.74 Å². The van der Waals surface area contributed by atoms with Gasteiger partial charge in [0, 0.05) is 10.0 Å². The van der Waals surface area contributed by atoms with Gasteiger partial charge in [0.25, 0.3) is 0 Å². The lowest BCUT2D eigenvalue weighted by atomic mass is 10.0. The number of benzene rings is 1. The number of halogens is 1. The SMILES string of the molecule is N#CCc1cc(Br)cc2c1OCCC2. The van der Waals surface area contributed by atoms with Gasteiger partial charge in [0.1, 0.15) is 5.75 Å². The lowest BCUT2D eigenvalue weighted by Gasteiger charge is -2.19. The molecule has 0 spiro atoms. The van der Waals surface area contributed by atoms with Gasteiger partial charge in [-0.05, 0) is 30.5 Å². The fraction of sp³-hybridized carbons (Fsp3) is 0.364. The summed E-state index contributed by atoms with van der Waals surface area (Å²) in [5.41, 5.74) is 2.22. The van der Waals surface area contributed by atoms with Crippen molar-refractivity contribution in [2.24, 2.45) is 0 Å². The van der Waals surface area contributed by atoms with Gasteiger partial charge in [0.2, 0.25) is 0 Å². The van der Waals surface area contributed by atoms with E-state index in [1.165, 1.54) is 5.56 Å². The molecule has 1 aliphatic rings. The van der Waals surface area contributed by atoms with Crippen LogP contribution in [0.3, 0.4) is 0 Å². The van der Waals surface area contributed by atoms with Crippen molar-refractivity contribution in [2.75, 3.05) is 6.61 Å². The maximum Gasteiger partial charge on any atom is 0.126 e. The minimum atomic E-state index is 0.418. The Hall–Kier alpha value is -1.01. The third kappa shape index (κ3) is 1.76. The maximum atomic E-state index is 8.69. The molecule has 2 rings (SSSR count). The number of ether oxygens (including phenoxy) is 1. The summed E-state index contributed by atoms with van der Waals surface area (Å²) in [6.07, 6.45) is 2.53. The minimum Gasteiger partial charge on any atom is -0.493 e. The van der Waals surface area contributed by atoms with Crippen LogP contribution < -0.4 is 4.74 Å². The fourth-order valence-electron chi connectivity index (χ4n) is 1.74. The van der Waals surface area contributed by atoms with Gasteiger partial charge in [0.05, 0.1) is 19.1 Å². The lowest BCUT2D eigenvalue weighted by molar-refractivity contribution is 0.285. The van der Waals surface area contributed by atoms with Crippen molar-refractivity contribution < 1.29 is 4.74 Å². The van der Waals surface area contributed by atoms with Crippen molar-refractivity contribution >= 4 is 15.9 Å². The molecule has 0 saturated heterocycles. The number of aryl methyl sites for hydroxylation is 1. The second kappa shape index (κ2) is 4.02. The van der Waals surface area contributed by atoms with Crippen LogP contribution >= 0.6 is 15.9 Å². The third-order valence-corrected chi connectivity index (χ3v) is 2.77. The summed E-state index contributed by atoms with van der Waals surface area (Å²) >= 11 is 3.45. The van der Waals surface area contributed by atoms with Crippen molar-refractivity contribution in [2.45, 2.75) is 19.3 Å². The van der Waals surface area contributed by atoms with Gasteiger partial charge in [-0.2, -0.15) is 5.26 Å². The zero-order chi connectivity index (χ0) is 9.97. The summed E-state index contributed by atoms with van der Waals surface area (Å²) in [4.78, 5) is 0. The molecule has 0 aliphatic carbocycles. The summed E-state index contributed by atoms with van der Waals surface area (Å²) in [7, 11) is 0. The minimum absolute atomic E-state index is 0.418. The molecular formula is C11H10BrNO. The summed E-state index contributed by atoms with van der Waals surface area (Å²) in [5, 5.41) is 8.69. The normalized spacial score (nSPS) is 14.0. The number of nitrogens with zero attached hydrogens (tertiary/aromatic N) is 1. The predicted molar refractivity (Wildman–Crippen MR) is 57.3 cm³/mol. The summed E-state index contributed by atoms with van der Waals surface area (Å²) < 4.78 is 6.62. The first-order valence-electron chi connectivity index (χ1n) is 4.62. The molecule has 1 aromatic rings. The standard InChI is InChI=1S/C11H10BrNO/c12-10-6-8-2-1-5-14-11(8)9(7-10)3-4-13/h6-7H,1-3,5H2. The Morgan fingerprint density at radius 1 is 1.50 bits per heavy atom. The molecule has 0 unspecified atom stereocenters. The van der Waals surface area contributed by atoms with Crippen LogP contribution in [0.1, 0.15) is 17.5 Å². The average Bonchev–Trinajstić information content (AvgIpc) is 2.18. The highest BCUT2D eigenvalue weighted by molar-refractivity contribution is 9.10. The van der Waals surface area contributed by atoms with Crippen LogP contribution in [-0.4, -0.2) is 6.61 Å². The Bertz CT molecular complexity index is 395. The van der Waals surface area contributed by atoms with E-state index in [9.17, 15) is 0 Å². The summed E-state index contributed by atoms with van der Waals surface area (Å²) in [6.45, 7) is 0.771. The van der Waals surface area contributed by atoms with Gasteiger partial charge >= 0.3 is 0 Å². The molecule has 1 heterocycles. The molecular weight excluding hydrogens is 242 g/mol. The van der Waals surface area contributed by atoms with Gasteiger partial charge in [-0.25, -0.2) is 0 Å². The fourth-order valence-corrected chi connectivity index (χ4v) is 2.29. The van der Waals surface area contributed by atoms with Crippen molar-refractivity contribution in [3.05, 3.63) is 27.7 Å². The lowest BCUT2D eigenvalue weighted by Crippen LogP contribution is -2.10. The molecule has 0 amide bonds. The van der Waals surface area contributed by atoms with Crippen molar-refractivity contribution in [1.29, 1.82) is 5.26 Å². The average molecular weight is 252 g/mol. The molecule has 0 saturated carbocycles. The van der Waals surface area contributed by atoms with E-state index in [2.05, 4.69) is 28.1 Å². The zero-order valence-electron chi connectivity index (χ0n) is 7.72. The van der Waals surface area contributed by atoms with Gasteiger partial charge in [0.15, 0.2) is 0 Å². The molecule has 2 nitrogen and oxygen atoms in total. The number of rotatable bonds is 1. The van der Waals surface area contributed by atoms with E-state index < -0.39 is 0 Å². The topological polar surface area (TPSA) is 33.0 Å².